The Morgan fingerprint density at radius 2 is 1.89 bits per heavy atom. The molecule has 4 aromatic rings. The number of thioether (sulfide) groups is 1. The van der Waals surface area contributed by atoms with Crippen molar-refractivity contribution in [1.82, 2.24) is 14.8 Å². The van der Waals surface area contributed by atoms with Crippen LogP contribution in [0.4, 0.5) is 9.39 Å². The van der Waals surface area contributed by atoms with Crippen LogP contribution in [-0.2, 0) is 16.0 Å². The normalized spacial score (nSPS) is 11.2. The van der Waals surface area contributed by atoms with Crippen LogP contribution in [0.3, 0.4) is 0 Å². The average Bonchev–Trinajstić information content (AvgIpc) is 3.60. The second kappa shape index (κ2) is 11.4. The Morgan fingerprint density at radius 1 is 1.14 bits per heavy atom. The number of hydrogen-bond donors (Lipinski definition) is 1. The second-order valence-electron chi connectivity index (χ2n) is 8.11. The van der Waals surface area contributed by atoms with Gasteiger partial charge in [0.25, 0.3) is 0 Å². The van der Waals surface area contributed by atoms with Crippen LogP contribution in [0.2, 0.25) is 0 Å². The quantitative estimate of drug-likeness (QED) is 0.190. The summed E-state index contributed by atoms with van der Waals surface area (Å²) in [5, 5.41) is 16.4. The van der Waals surface area contributed by atoms with Crippen molar-refractivity contribution in [3.05, 3.63) is 57.3 Å². The number of hydrogen-bond acceptors (Lipinski definition) is 8. The van der Waals surface area contributed by atoms with Crippen molar-refractivity contribution in [3.8, 4) is 22.5 Å². The van der Waals surface area contributed by atoms with Crippen molar-refractivity contribution in [2.75, 3.05) is 18.2 Å². The summed E-state index contributed by atoms with van der Waals surface area (Å²) in [4.78, 5) is 26.7. The first-order valence-corrected chi connectivity index (χ1v) is 14.0. The fourth-order valence-corrected chi connectivity index (χ4v) is 6.26. The number of aryl methyl sites for hydroxylation is 1. The molecule has 1 amide bonds. The molecule has 0 aliphatic heterocycles. The number of benzene rings is 1. The molecule has 3 aromatic heterocycles. The van der Waals surface area contributed by atoms with Gasteiger partial charge < -0.3 is 10.1 Å². The fourth-order valence-electron chi connectivity index (χ4n) is 3.61. The summed E-state index contributed by atoms with van der Waals surface area (Å²) in [5.74, 6) is -0.384. The second-order valence-corrected chi connectivity index (χ2v) is 10.9. The third kappa shape index (κ3) is 5.53. The first kappa shape index (κ1) is 26.1. The molecule has 0 spiro atoms. The maximum atomic E-state index is 13.4. The third-order valence-electron chi connectivity index (χ3n) is 5.36. The number of aromatic nitrogens is 3. The predicted octanol–water partition coefficient (Wildman–Crippen LogP) is 6.53. The molecule has 0 unspecified atom stereocenters. The SMILES string of the molecule is CCc1cc(-c2nnc(SCC(=O)Nc3scc(-c4ccc(F)cc4)c3C(=O)OC)n2C(C)C)cs1. The van der Waals surface area contributed by atoms with Gasteiger partial charge in [0, 0.05) is 32.8 Å². The van der Waals surface area contributed by atoms with Gasteiger partial charge in [-0.15, -0.1) is 32.9 Å². The smallest absolute Gasteiger partial charge is 0.341 e. The van der Waals surface area contributed by atoms with E-state index in [0.717, 1.165) is 17.8 Å². The highest BCUT2D eigenvalue weighted by molar-refractivity contribution is 7.99. The molecule has 4 rings (SSSR count). The molecular formula is C25H25FN4O3S3. The largest absolute Gasteiger partial charge is 0.465 e. The lowest BCUT2D eigenvalue weighted by Crippen LogP contribution is -2.16. The van der Waals surface area contributed by atoms with E-state index >= 15 is 0 Å². The molecule has 0 aliphatic rings. The van der Waals surface area contributed by atoms with E-state index < -0.39 is 5.97 Å². The van der Waals surface area contributed by atoms with Gasteiger partial charge in [-0.2, -0.15) is 0 Å². The molecule has 11 heteroatoms. The Kier molecular flexibility index (Phi) is 8.22. The van der Waals surface area contributed by atoms with Crippen LogP contribution in [0.1, 0.15) is 42.0 Å². The predicted molar refractivity (Wildman–Crippen MR) is 144 cm³/mol. The number of rotatable bonds is 9. The van der Waals surface area contributed by atoms with Crippen LogP contribution in [0, 0.1) is 5.82 Å². The Morgan fingerprint density at radius 3 is 2.53 bits per heavy atom. The number of halogens is 1. The molecule has 0 radical (unpaired) electrons. The summed E-state index contributed by atoms with van der Waals surface area (Å²) in [6.07, 6.45) is 0.960. The number of carbonyl (C=O) groups is 2. The van der Waals surface area contributed by atoms with E-state index in [4.69, 9.17) is 4.74 Å². The maximum Gasteiger partial charge on any atom is 0.341 e. The van der Waals surface area contributed by atoms with Gasteiger partial charge in [0.05, 0.1) is 12.9 Å². The monoisotopic (exact) mass is 544 g/mol. The van der Waals surface area contributed by atoms with Crippen molar-refractivity contribution >= 4 is 51.3 Å². The first-order chi connectivity index (χ1) is 17.3. The number of carbonyl (C=O) groups excluding carboxylic acids is 2. The van der Waals surface area contributed by atoms with Gasteiger partial charge in [0.15, 0.2) is 11.0 Å². The minimum atomic E-state index is -0.579. The van der Waals surface area contributed by atoms with Crippen LogP contribution in [0.15, 0.2) is 46.2 Å². The summed E-state index contributed by atoms with van der Waals surface area (Å²) in [6.45, 7) is 6.22. The number of nitrogens with one attached hydrogen (secondary N) is 1. The van der Waals surface area contributed by atoms with E-state index in [-0.39, 0.29) is 29.1 Å². The highest BCUT2D eigenvalue weighted by Crippen LogP contribution is 2.37. The minimum absolute atomic E-state index is 0.0824. The number of esters is 1. The van der Waals surface area contributed by atoms with Crippen LogP contribution in [-0.4, -0.2) is 39.5 Å². The highest BCUT2D eigenvalue weighted by Gasteiger charge is 2.23. The molecule has 0 saturated carbocycles. The Balaban J connectivity index is 1.52. The molecule has 0 aliphatic carbocycles. The number of amides is 1. The molecule has 7 nitrogen and oxygen atoms in total. The van der Waals surface area contributed by atoms with E-state index in [9.17, 15) is 14.0 Å². The van der Waals surface area contributed by atoms with E-state index in [2.05, 4.69) is 47.7 Å². The zero-order chi connectivity index (χ0) is 25.8. The molecule has 188 valence electrons. The van der Waals surface area contributed by atoms with Gasteiger partial charge >= 0.3 is 5.97 Å². The van der Waals surface area contributed by atoms with Gasteiger partial charge in [0.1, 0.15) is 16.4 Å². The Labute approximate surface area is 220 Å². The maximum absolute atomic E-state index is 13.4. The fraction of sp³-hybridized carbons (Fsp3) is 0.280. The Bertz CT molecular complexity index is 1380. The molecule has 0 atom stereocenters. The van der Waals surface area contributed by atoms with Gasteiger partial charge in [0.2, 0.25) is 5.91 Å². The van der Waals surface area contributed by atoms with Crippen molar-refractivity contribution in [3.63, 3.8) is 0 Å². The van der Waals surface area contributed by atoms with Crippen LogP contribution in [0.5, 0.6) is 0 Å². The van der Waals surface area contributed by atoms with Gasteiger partial charge in [-0.3, -0.25) is 9.36 Å². The lowest BCUT2D eigenvalue weighted by Gasteiger charge is -2.13. The van der Waals surface area contributed by atoms with Crippen molar-refractivity contribution in [2.24, 2.45) is 0 Å². The van der Waals surface area contributed by atoms with E-state index in [0.29, 0.717) is 21.3 Å². The topological polar surface area (TPSA) is 86.1 Å². The molecular weight excluding hydrogens is 519 g/mol. The molecule has 0 bridgehead atoms. The minimum Gasteiger partial charge on any atom is -0.465 e. The molecule has 1 N–H and O–H groups in total. The molecule has 0 saturated heterocycles. The Hall–Kier alpha value is -3.02. The lowest BCUT2D eigenvalue weighted by molar-refractivity contribution is -0.113. The van der Waals surface area contributed by atoms with Crippen molar-refractivity contribution in [2.45, 2.75) is 38.4 Å². The zero-order valence-corrected chi connectivity index (χ0v) is 22.7. The van der Waals surface area contributed by atoms with E-state index in [1.165, 1.54) is 47.2 Å². The third-order valence-corrected chi connectivity index (χ3v) is 8.28. The molecule has 1 aromatic carbocycles. The number of ether oxygens (including phenoxy) is 1. The summed E-state index contributed by atoms with van der Waals surface area (Å²) in [7, 11) is 1.28. The number of methoxy groups -OCH3 is 1. The number of thiophene rings is 2. The van der Waals surface area contributed by atoms with Crippen LogP contribution < -0.4 is 5.32 Å². The average molecular weight is 545 g/mol. The van der Waals surface area contributed by atoms with Crippen LogP contribution >= 0.6 is 34.4 Å². The van der Waals surface area contributed by atoms with Crippen molar-refractivity contribution < 1.29 is 18.7 Å². The molecule has 3 heterocycles. The standard InChI is InChI=1S/C25H25FN4O3S3/c1-5-18-10-16(11-34-18)22-28-29-25(30(22)14(2)3)36-13-20(31)27-23-21(24(32)33-4)19(12-35-23)15-6-8-17(26)9-7-15/h6-12,14H,5,13H2,1-4H3,(H,27,31). The number of nitrogens with zero attached hydrogens (tertiary/aromatic N) is 3. The van der Waals surface area contributed by atoms with Crippen molar-refractivity contribution in [1.29, 1.82) is 0 Å². The molecule has 0 fully saturated rings. The highest BCUT2D eigenvalue weighted by atomic mass is 32.2. The van der Waals surface area contributed by atoms with E-state index in [1.807, 2.05) is 4.57 Å². The summed E-state index contributed by atoms with van der Waals surface area (Å²) in [6, 6.07) is 8.03. The molecule has 36 heavy (non-hydrogen) atoms. The summed E-state index contributed by atoms with van der Waals surface area (Å²) in [5.41, 5.74) is 2.48. The summed E-state index contributed by atoms with van der Waals surface area (Å²) >= 11 is 4.19. The van der Waals surface area contributed by atoms with Crippen LogP contribution in [0.25, 0.3) is 22.5 Å². The summed E-state index contributed by atoms with van der Waals surface area (Å²) < 4.78 is 20.3. The lowest BCUT2D eigenvalue weighted by atomic mass is 10.0. The van der Waals surface area contributed by atoms with Gasteiger partial charge in [-0.1, -0.05) is 30.8 Å². The van der Waals surface area contributed by atoms with Gasteiger partial charge in [-0.05, 0) is 44.0 Å². The van der Waals surface area contributed by atoms with Gasteiger partial charge in [-0.25, -0.2) is 9.18 Å². The van der Waals surface area contributed by atoms with E-state index in [1.54, 1.807) is 28.8 Å². The zero-order valence-electron chi connectivity index (χ0n) is 20.2. The first-order valence-electron chi connectivity index (χ1n) is 11.2. The number of anilines is 1.